The molecule has 0 aliphatic carbocycles. The summed E-state index contributed by atoms with van der Waals surface area (Å²) in [5.74, 6) is -1.48. The molecule has 0 N–H and O–H groups in total. The van der Waals surface area contributed by atoms with Gasteiger partial charge in [0.15, 0.2) is 6.54 Å². The van der Waals surface area contributed by atoms with Crippen molar-refractivity contribution in [3.05, 3.63) is 0 Å². The fourth-order valence-corrected chi connectivity index (χ4v) is 0.891. The second-order valence-corrected chi connectivity index (χ2v) is 3.24. The normalized spacial score (nSPS) is 13.1. The van der Waals surface area contributed by atoms with Crippen LogP contribution in [0, 0.1) is 0 Å². The molecule has 0 aliphatic rings. The van der Waals surface area contributed by atoms with Crippen molar-refractivity contribution in [1.82, 2.24) is 0 Å². The Balaban J connectivity index is 4.13. The highest BCUT2D eigenvalue weighted by atomic mass is 19.4. The molecule has 0 unspecified atom stereocenters. The minimum atomic E-state index is -4.35. The third kappa shape index (κ3) is 5.96. The SMILES string of the molecule is C[N+](C)(CC(=O)[O-])CC(F)(F)F. The molecule has 0 radical (unpaired) electrons. The molecular weight excluding hydrogens is 175 g/mol. The van der Waals surface area contributed by atoms with Gasteiger partial charge in [-0.25, -0.2) is 0 Å². The second-order valence-electron chi connectivity index (χ2n) is 3.24. The van der Waals surface area contributed by atoms with Crippen molar-refractivity contribution in [2.75, 3.05) is 27.2 Å². The number of halogens is 3. The average Bonchev–Trinajstić information content (AvgIpc) is 1.48. The van der Waals surface area contributed by atoms with E-state index in [-0.39, 0.29) is 0 Å². The topological polar surface area (TPSA) is 40.1 Å². The van der Waals surface area contributed by atoms with E-state index in [1.807, 2.05) is 0 Å². The van der Waals surface area contributed by atoms with Crippen molar-refractivity contribution in [1.29, 1.82) is 0 Å². The van der Waals surface area contributed by atoms with Crippen molar-refractivity contribution < 1.29 is 27.6 Å². The van der Waals surface area contributed by atoms with Gasteiger partial charge in [0.05, 0.1) is 20.1 Å². The number of hydrogen-bond donors (Lipinski definition) is 0. The van der Waals surface area contributed by atoms with E-state index >= 15 is 0 Å². The highest BCUT2D eigenvalue weighted by molar-refractivity contribution is 5.65. The van der Waals surface area contributed by atoms with E-state index in [9.17, 15) is 23.1 Å². The predicted octanol–water partition coefficient (Wildman–Crippen LogP) is -0.625. The number of alkyl halides is 3. The van der Waals surface area contributed by atoms with Gasteiger partial charge in [0.25, 0.3) is 0 Å². The minimum Gasteiger partial charge on any atom is -0.544 e. The number of nitrogens with zero attached hydrogens (tertiary/aromatic N) is 1. The number of carbonyl (C=O) groups is 1. The summed E-state index contributed by atoms with van der Waals surface area (Å²) in [5, 5.41) is 10.0. The van der Waals surface area contributed by atoms with Gasteiger partial charge < -0.3 is 14.4 Å². The van der Waals surface area contributed by atoms with Crippen LogP contribution in [0.4, 0.5) is 13.2 Å². The molecule has 0 fully saturated rings. The first-order chi connectivity index (χ1) is 5.12. The van der Waals surface area contributed by atoms with Gasteiger partial charge in [-0.15, -0.1) is 0 Å². The van der Waals surface area contributed by atoms with Crippen molar-refractivity contribution in [3.63, 3.8) is 0 Å². The van der Waals surface area contributed by atoms with E-state index in [1.54, 1.807) is 0 Å². The Labute approximate surface area is 68.0 Å². The van der Waals surface area contributed by atoms with Crippen molar-refractivity contribution in [2.24, 2.45) is 0 Å². The molecule has 0 aromatic carbocycles. The smallest absolute Gasteiger partial charge is 0.438 e. The lowest BCUT2D eigenvalue weighted by atomic mass is 10.4. The number of aliphatic carboxylic acids is 1. The van der Waals surface area contributed by atoms with Crippen LogP contribution in [0.3, 0.4) is 0 Å². The van der Waals surface area contributed by atoms with Gasteiger partial charge in [0, 0.05) is 0 Å². The molecule has 0 heterocycles. The van der Waals surface area contributed by atoms with Crippen LogP contribution in [0.25, 0.3) is 0 Å². The zero-order chi connectivity index (χ0) is 9.99. The summed E-state index contributed by atoms with van der Waals surface area (Å²) in [5.41, 5.74) is 0. The maximum absolute atomic E-state index is 11.8. The lowest BCUT2D eigenvalue weighted by molar-refractivity contribution is -0.895. The van der Waals surface area contributed by atoms with Gasteiger partial charge >= 0.3 is 6.18 Å². The first-order valence-corrected chi connectivity index (χ1v) is 3.21. The number of rotatable bonds is 3. The lowest BCUT2D eigenvalue weighted by Crippen LogP contribution is -2.52. The molecule has 0 saturated carbocycles. The zero-order valence-corrected chi connectivity index (χ0v) is 6.81. The van der Waals surface area contributed by atoms with Gasteiger partial charge in [0.2, 0.25) is 0 Å². The standard InChI is InChI=1S/C6H10F3NO2/c1-10(2,3-5(11)12)4-6(7,8)9/h3-4H2,1-2H3. The quantitative estimate of drug-likeness (QED) is 0.549. The Morgan fingerprint density at radius 3 is 2.08 bits per heavy atom. The Bertz CT molecular complexity index is 176. The number of carboxylic acids is 1. The highest BCUT2D eigenvalue weighted by Gasteiger charge is 2.37. The third-order valence-corrected chi connectivity index (χ3v) is 1.16. The summed E-state index contributed by atoms with van der Waals surface area (Å²) in [6.07, 6.45) is -4.35. The van der Waals surface area contributed by atoms with Crippen molar-refractivity contribution >= 4 is 5.97 Å². The van der Waals surface area contributed by atoms with E-state index in [2.05, 4.69) is 0 Å². The average molecular weight is 185 g/mol. The molecule has 0 atom stereocenters. The Hall–Kier alpha value is -0.780. The monoisotopic (exact) mass is 185 g/mol. The lowest BCUT2D eigenvalue weighted by Gasteiger charge is -2.30. The molecule has 0 rings (SSSR count). The number of likely N-dealkylation sites (N-methyl/N-ethyl adjacent to an activating group) is 1. The van der Waals surface area contributed by atoms with E-state index in [4.69, 9.17) is 0 Å². The summed E-state index contributed by atoms with van der Waals surface area (Å²) < 4.78 is 34.7. The van der Waals surface area contributed by atoms with E-state index in [0.29, 0.717) is 0 Å². The van der Waals surface area contributed by atoms with Crippen LogP contribution in [0.2, 0.25) is 0 Å². The van der Waals surface area contributed by atoms with Crippen LogP contribution in [0.1, 0.15) is 0 Å². The molecule has 3 nitrogen and oxygen atoms in total. The van der Waals surface area contributed by atoms with Gasteiger partial charge in [0.1, 0.15) is 6.54 Å². The van der Waals surface area contributed by atoms with Gasteiger partial charge in [-0.1, -0.05) is 0 Å². The summed E-state index contributed by atoms with van der Waals surface area (Å²) in [6, 6.07) is 0. The molecule has 0 amide bonds. The molecule has 0 saturated heterocycles. The second kappa shape index (κ2) is 3.30. The molecule has 0 bridgehead atoms. The van der Waals surface area contributed by atoms with Gasteiger partial charge in [-0.3, -0.25) is 0 Å². The Morgan fingerprint density at radius 1 is 1.42 bits per heavy atom. The zero-order valence-electron chi connectivity index (χ0n) is 6.81. The number of carboxylic acid groups (broad SMARTS) is 1. The van der Waals surface area contributed by atoms with E-state index in [1.165, 1.54) is 14.1 Å². The molecule has 0 aromatic heterocycles. The van der Waals surface area contributed by atoms with Gasteiger partial charge in [-0.05, 0) is 0 Å². The molecule has 12 heavy (non-hydrogen) atoms. The predicted molar refractivity (Wildman–Crippen MR) is 32.9 cm³/mol. The summed E-state index contributed by atoms with van der Waals surface area (Å²) >= 11 is 0. The van der Waals surface area contributed by atoms with Crippen molar-refractivity contribution in [2.45, 2.75) is 6.18 Å². The molecule has 72 valence electrons. The summed E-state index contributed by atoms with van der Waals surface area (Å²) in [4.78, 5) is 10.0. The first kappa shape index (κ1) is 11.2. The number of hydrogen-bond acceptors (Lipinski definition) is 2. The van der Waals surface area contributed by atoms with Crippen LogP contribution in [-0.2, 0) is 4.79 Å². The van der Waals surface area contributed by atoms with E-state index < -0.39 is 29.7 Å². The Morgan fingerprint density at radius 2 is 1.83 bits per heavy atom. The third-order valence-electron chi connectivity index (χ3n) is 1.16. The molecule has 6 heteroatoms. The number of carbonyl (C=O) groups excluding carboxylic acids is 1. The highest BCUT2D eigenvalue weighted by Crippen LogP contribution is 2.18. The number of quaternary nitrogens is 1. The van der Waals surface area contributed by atoms with Crippen LogP contribution in [-0.4, -0.2) is 43.8 Å². The molecule has 0 aromatic rings. The largest absolute Gasteiger partial charge is 0.544 e. The van der Waals surface area contributed by atoms with Crippen LogP contribution in [0.15, 0.2) is 0 Å². The van der Waals surface area contributed by atoms with Crippen LogP contribution < -0.4 is 5.11 Å². The van der Waals surface area contributed by atoms with Crippen LogP contribution >= 0.6 is 0 Å². The maximum Gasteiger partial charge on any atom is 0.438 e. The van der Waals surface area contributed by atoms with Gasteiger partial charge in [-0.2, -0.15) is 13.2 Å². The summed E-state index contributed by atoms with van der Waals surface area (Å²) in [6.45, 7) is -1.81. The Kier molecular flexibility index (Phi) is 3.09. The minimum absolute atomic E-state index is 0.639. The fourth-order valence-electron chi connectivity index (χ4n) is 0.891. The fraction of sp³-hybridized carbons (Fsp3) is 0.833. The first-order valence-electron chi connectivity index (χ1n) is 3.21. The maximum atomic E-state index is 11.8. The molecular formula is C6H10F3NO2. The summed E-state index contributed by atoms with van der Waals surface area (Å²) in [7, 11) is 2.37. The molecule has 0 aliphatic heterocycles. The van der Waals surface area contributed by atoms with Crippen LogP contribution in [0.5, 0.6) is 0 Å². The van der Waals surface area contributed by atoms with E-state index in [0.717, 1.165) is 0 Å². The molecule has 0 spiro atoms. The van der Waals surface area contributed by atoms with Crippen molar-refractivity contribution in [3.8, 4) is 0 Å².